The average Bonchev–Trinajstić information content (AvgIpc) is 2.94. The van der Waals surface area contributed by atoms with Crippen LogP contribution in [-0.4, -0.2) is 39.8 Å². The molecule has 0 aromatic heterocycles. The molecule has 0 saturated heterocycles. The van der Waals surface area contributed by atoms with E-state index in [1.165, 1.54) is 14.2 Å². The van der Waals surface area contributed by atoms with Crippen LogP contribution in [0.2, 0.25) is 0 Å². The van der Waals surface area contributed by atoms with Crippen molar-refractivity contribution in [3.8, 4) is 23.0 Å². The number of hydrogen-bond donors (Lipinski definition) is 2. The van der Waals surface area contributed by atoms with Crippen molar-refractivity contribution in [3.63, 3.8) is 0 Å². The number of amides is 2. The van der Waals surface area contributed by atoms with Gasteiger partial charge in [-0.05, 0) is 48.4 Å². The van der Waals surface area contributed by atoms with Crippen molar-refractivity contribution in [3.05, 3.63) is 83.4 Å². The van der Waals surface area contributed by atoms with E-state index < -0.39 is 18.0 Å². The number of hydrogen-bond acceptors (Lipinski definition) is 6. The number of carbonyl (C=O) groups excluding carboxylic acids is 2. The van der Waals surface area contributed by atoms with Gasteiger partial charge in [0.2, 0.25) is 0 Å². The average molecular weight is 507 g/mol. The highest BCUT2D eigenvalue weighted by Gasteiger charge is 2.23. The lowest BCUT2D eigenvalue weighted by Gasteiger charge is -2.23. The van der Waals surface area contributed by atoms with Gasteiger partial charge in [-0.3, -0.25) is 9.59 Å². The predicted molar refractivity (Wildman–Crippen MR) is 142 cm³/mol. The molecule has 2 amide bonds. The first-order valence-corrected chi connectivity index (χ1v) is 12.2. The minimum absolute atomic E-state index is 0.337. The molecule has 37 heavy (non-hydrogen) atoms. The second kappa shape index (κ2) is 13.8. The molecule has 3 aromatic carbocycles. The summed E-state index contributed by atoms with van der Waals surface area (Å²) >= 11 is 0. The topological polar surface area (TPSA) is 95.1 Å². The third-order valence-corrected chi connectivity index (χ3v) is 5.78. The number of para-hydroxylation sites is 2. The Kier molecular flexibility index (Phi) is 10.2. The highest BCUT2D eigenvalue weighted by Crippen LogP contribution is 2.31. The van der Waals surface area contributed by atoms with Crippen molar-refractivity contribution >= 4 is 11.8 Å². The van der Waals surface area contributed by atoms with Gasteiger partial charge in [-0.15, -0.1) is 0 Å². The molecule has 0 aliphatic rings. The summed E-state index contributed by atoms with van der Waals surface area (Å²) in [6, 6.07) is 19.1. The van der Waals surface area contributed by atoms with Crippen molar-refractivity contribution < 1.29 is 28.5 Å². The molecule has 0 radical (unpaired) electrons. The number of nitrogens with one attached hydrogen (secondary N) is 2. The van der Waals surface area contributed by atoms with Crippen molar-refractivity contribution in [2.75, 3.05) is 27.9 Å². The van der Waals surface area contributed by atoms with Gasteiger partial charge in [0.1, 0.15) is 17.7 Å². The van der Waals surface area contributed by atoms with Gasteiger partial charge in [-0.1, -0.05) is 50.1 Å². The van der Waals surface area contributed by atoms with E-state index in [9.17, 15) is 9.59 Å². The van der Waals surface area contributed by atoms with E-state index in [4.69, 9.17) is 18.9 Å². The van der Waals surface area contributed by atoms with E-state index in [2.05, 4.69) is 17.6 Å². The Morgan fingerprint density at radius 3 is 1.76 bits per heavy atom. The quantitative estimate of drug-likeness (QED) is 0.246. The van der Waals surface area contributed by atoms with Crippen LogP contribution in [0.3, 0.4) is 0 Å². The molecule has 3 aromatic rings. The summed E-state index contributed by atoms with van der Waals surface area (Å²) in [5, 5.41) is 5.81. The lowest BCUT2D eigenvalue weighted by molar-refractivity contribution is 0.0880. The number of rotatable bonds is 13. The number of benzene rings is 3. The number of ether oxygens (including phenoxy) is 4. The Balaban J connectivity index is 1.92. The van der Waals surface area contributed by atoms with Gasteiger partial charge in [0.15, 0.2) is 11.5 Å². The summed E-state index contributed by atoms with van der Waals surface area (Å²) in [5.74, 6) is 1.10. The first kappa shape index (κ1) is 27.4. The number of methoxy groups -OCH3 is 3. The molecule has 0 aliphatic heterocycles. The summed E-state index contributed by atoms with van der Waals surface area (Å²) < 4.78 is 22.1. The maximum atomic E-state index is 13.3. The highest BCUT2D eigenvalue weighted by molar-refractivity contribution is 5.99. The van der Waals surface area contributed by atoms with Gasteiger partial charge in [-0.2, -0.15) is 0 Å². The second-order valence-corrected chi connectivity index (χ2v) is 8.25. The van der Waals surface area contributed by atoms with Crippen molar-refractivity contribution in [1.82, 2.24) is 10.6 Å². The van der Waals surface area contributed by atoms with E-state index in [0.29, 0.717) is 46.3 Å². The van der Waals surface area contributed by atoms with Gasteiger partial charge >= 0.3 is 0 Å². The summed E-state index contributed by atoms with van der Waals surface area (Å²) in [5.41, 5.74) is 1.28. The minimum Gasteiger partial charge on any atom is -0.496 e. The van der Waals surface area contributed by atoms with Crippen LogP contribution in [0.25, 0.3) is 0 Å². The van der Waals surface area contributed by atoms with Crippen molar-refractivity contribution in [2.24, 2.45) is 0 Å². The SMILES string of the molecule is CCCCCOc1ccc(C(NC(=O)c2ccccc2OC)NC(=O)c2ccccc2OC)cc1OC. The molecule has 2 N–H and O–H groups in total. The predicted octanol–water partition coefficient (Wildman–Crippen LogP) is 5.14. The molecular formula is C29H34N2O6. The van der Waals surface area contributed by atoms with Crippen LogP contribution in [0, 0.1) is 0 Å². The van der Waals surface area contributed by atoms with Crippen molar-refractivity contribution in [1.29, 1.82) is 0 Å². The fraction of sp³-hybridized carbons (Fsp3) is 0.310. The third-order valence-electron chi connectivity index (χ3n) is 5.78. The summed E-state index contributed by atoms with van der Waals surface area (Å²) in [4.78, 5) is 26.5. The fourth-order valence-electron chi connectivity index (χ4n) is 3.80. The van der Waals surface area contributed by atoms with Gasteiger partial charge in [-0.25, -0.2) is 0 Å². The van der Waals surface area contributed by atoms with Gasteiger partial charge < -0.3 is 29.6 Å². The Labute approximate surface area is 217 Å². The van der Waals surface area contributed by atoms with Crippen LogP contribution in [0.15, 0.2) is 66.7 Å². The molecule has 0 heterocycles. The Morgan fingerprint density at radius 2 is 1.24 bits per heavy atom. The molecule has 0 atom stereocenters. The zero-order valence-electron chi connectivity index (χ0n) is 21.7. The molecule has 0 fully saturated rings. The molecule has 3 rings (SSSR count). The molecule has 0 aliphatic carbocycles. The second-order valence-electron chi connectivity index (χ2n) is 8.25. The van der Waals surface area contributed by atoms with E-state index in [1.54, 1.807) is 73.8 Å². The van der Waals surface area contributed by atoms with Crippen LogP contribution in [0.1, 0.15) is 58.6 Å². The summed E-state index contributed by atoms with van der Waals surface area (Å²) in [6.07, 6.45) is 2.22. The number of carbonyl (C=O) groups is 2. The normalized spacial score (nSPS) is 10.5. The van der Waals surface area contributed by atoms with Crippen LogP contribution < -0.4 is 29.6 Å². The molecule has 8 heteroatoms. The number of unbranched alkanes of at least 4 members (excludes halogenated alkanes) is 2. The molecular weight excluding hydrogens is 472 g/mol. The monoisotopic (exact) mass is 506 g/mol. The standard InChI is InChI=1S/C29H34N2O6/c1-5-6-11-18-37-25-17-16-20(19-26(25)36-4)27(30-28(32)21-12-7-9-14-23(21)34-2)31-29(33)22-13-8-10-15-24(22)35-3/h7-10,12-17,19,27H,5-6,11,18H2,1-4H3,(H,30,32)(H,31,33). The first-order valence-electron chi connectivity index (χ1n) is 12.2. The maximum absolute atomic E-state index is 13.3. The molecule has 0 spiro atoms. The molecule has 0 saturated carbocycles. The van der Waals surface area contributed by atoms with E-state index in [0.717, 1.165) is 19.3 Å². The van der Waals surface area contributed by atoms with E-state index >= 15 is 0 Å². The summed E-state index contributed by atoms with van der Waals surface area (Å²) in [6.45, 7) is 2.70. The molecule has 196 valence electrons. The summed E-state index contributed by atoms with van der Waals surface area (Å²) in [7, 11) is 4.54. The van der Waals surface area contributed by atoms with Crippen molar-refractivity contribution in [2.45, 2.75) is 32.4 Å². The Hall–Kier alpha value is -4.20. The van der Waals surface area contributed by atoms with E-state index in [1.807, 2.05) is 0 Å². The van der Waals surface area contributed by atoms with Crippen LogP contribution >= 0.6 is 0 Å². The van der Waals surface area contributed by atoms with Gasteiger partial charge in [0.25, 0.3) is 11.8 Å². The lowest BCUT2D eigenvalue weighted by Crippen LogP contribution is -2.41. The van der Waals surface area contributed by atoms with Gasteiger partial charge in [0.05, 0.1) is 39.1 Å². The Bertz CT molecular complexity index is 1140. The van der Waals surface area contributed by atoms with Crippen LogP contribution in [-0.2, 0) is 0 Å². The molecule has 8 nitrogen and oxygen atoms in total. The zero-order valence-corrected chi connectivity index (χ0v) is 21.7. The highest BCUT2D eigenvalue weighted by atomic mass is 16.5. The van der Waals surface area contributed by atoms with Gasteiger partial charge in [0, 0.05) is 0 Å². The zero-order chi connectivity index (χ0) is 26.6. The first-order chi connectivity index (χ1) is 18.0. The Morgan fingerprint density at radius 1 is 0.703 bits per heavy atom. The fourth-order valence-corrected chi connectivity index (χ4v) is 3.80. The van der Waals surface area contributed by atoms with Crippen LogP contribution in [0.4, 0.5) is 0 Å². The molecule has 0 unspecified atom stereocenters. The smallest absolute Gasteiger partial charge is 0.256 e. The largest absolute Gasteiger partial charge is 0.496 e. The van der Waals surface area contributed by atoms with Crippen LogP contribution in [0.5, 0.6) is 23.0 Å². The lowest BCUT2D eigenvalue weighted by atomic mass is 10.1. The molecule has 0 bridgehead atoms. The van der Waals surface area contributed by atoms with E-state index in [-0.39, 0.29) is 0 Å². The maximum Gasteiger partial charge on any atom is 0.256 e. The minimum atomic E-state index is -0.891. The third kappa shape index (κ3) is 7.16.